The van der Waals surface area contributed by atoms with Gasteiger partial charge in [0.15, 0.2) is 0 Å². The lowest BCUT2D eigenvalue weighted by Crippen LogP contribution is -2.09. The normalized spacial score (nSPS) is 12.8. The van der Waals surface area contributed by atoms with Crippen molar-refractivity contribution in [1.82, 2.24) is 4.98 Å². The first-order valence-electron chi connectivity index (χ1n) is 4.36. The topological polar surface area (TPSA) is 50.2 Å². The number of aromatic nitrogens is 1. The molecule has 0 aromatic carbocycles. The van der Waals surface area contributed by atoms with Gasteiger partial charge < -0.3 is 5.11 Å². The summed E-state index contributed by atoms with van der Waals surface area (Å²) in [7, 11) is 0. The minimum atomic E-state index is -0.778. The Morgan fingerprint density at radius 1 is 1.69 bits per heavy atom. The number of nitrogens with zero attached hydrogens (tertiary/aromatic N) is 1. The summed E-state index contributed by atoms with van der Waals surface area (Å²) in [6, 6.07) is 0. The lowest BCUT2D eigenvalue weighted by molar-refractivity contribution is -0.138. The number of aliphatic carboxylic acids is 1. The second-order valence-corrected chi connectivity index (χ2v) is 3.96. The molecule has 0 saturated carbocycles. The van der Waals surface area contributed by atoms with Crippen LogP contribution in [0.4, 0.5) is 0 Å². The molecule has 0 fully saturated rings. The third-order valence-electron chi connectivity index (χ3n) is 1.92. The Balaban J connectivity index is 2.85. The lowest BCUT2D eigenvalue weighted by atomic mass is 10.1. The van der Waals surface area contributed by atoms with Gasteiger partial charge in [0, 0.05) is 11.1 Å². The van der Waals surface area contributed by atoms with Crippen LogP contribution in [0.25, 0.3) is 0 Å². The van der Waals surface area contributed by atoms with E-state index in [4.69, 9.17) is 5.11 Å². The lowest BCUT2D eigenvalue weighted by Gasteiger charge is -2.03. The van der Waals surface area contributed by atoms with E-state index < -0.39 is 11.9 Å². The third kappa shape index (κ3) is 2.28. The Kier molecular flexibility index (Phi) is 3.42. The molecule has 0 radical (unpaired) electrons. The largest absolute Gasteiger partial charge is 0.481 e. The molecule has 0 saturated heterocycles. The molecule has 0 aliphatic heterocycles. The van der Waals surface area contributed by atoms with E-state index >= 15 is 0 Å². The first-order chi connectivity index (χ1) is 6.19. The third-order valence-corrected chi connectivity index (χ3v) is 3.18. The SMILES string of the molecule is CCc1cnc(C(CC)C(=O)O)s1. The summed E-state index contributed by atoms with van der Waals surface area (Å²) in [5.41, 5.74) is 0. The standard InChI is InChI=1S/C9H13NO2S/c1-3-6-5-10-8(13-6)7(4-2)9(11)12/h5,7H,3-4H2,1-2H3,(H,11,12). The van der Waals surface area contributed by atoms with Crippen LogP contribution >= 0.6 is 11.3 Å². The van der Waals surface area contributed by atoms with E-state index in [9.17, 15) is 4.79 Å². The highest BCUT2D eigenvalue weighted by Crippen LogP contribution is 2.24. The van der Waals surface area contributed by atoms with Crippen LogP contribution in [0.2, 0.25) is 0 Å². The van der Waals surface area contributed by atoms with Crippen molar-refractivity contribution in [3.8, 4) is 0 Å². The molecule has 1 N–H and O–H groups in total. The Morgan fingerprint density at radius 2 is 2.38 bits per heavy atom. The van der Waals surface area contributed by atoms with E-state index in [2.05, 4.69) is 4.98 Å². The second kappa shape index (κ2) is 4.37. The van der Waals surface area contributed by atoms with Crippen molar-refractivity contribution in [2.45, 2.75) is 32.6 Å². The quantitative estimate of drug-likeness (QED) is 0.809. The Labute approximate surface area is 81.4 Å². The molecule has 13 heavy (non-hydrogen) atoms. The summed E-state index contributed by atoms with van der Waals surface area (Å²) in [5, 5.41) is 9.60. The van der Waals surface area contributed by atoms with Crippen molar-refractivity contribution in [3.63, 3.8) is 0 Å². The number of rotatable bonds is 4. The maximum Gasteiger partial charge on any atom is 0.313 e. The summed E-state index contributed by atoms with van der Waals surface area (Å²) < 4.78 is 0. The van der Waals surface area contributed by atoms with Gasteiger partial charge in [-0.2, -0.15) is 0 Å². The molecular weight excluding hydrogens is 186 g/mol. The summed E-state index contributed by atoms with van der Waals surface area (Å²) in [6.45, 7) is 3.91. The zero-order valence-electron chi connectivity index (χ0n) is 7.78. The Morgan fingerprint density at radius 3 is 2.77 bits per heavy atom. The smallest absolute Gasteiger partial charge is 0.313 e. The zero-order valence-corrected chi connectivity index (χ0v) is 8.60. The van der Waals surface area contributed by atoms with Crippen molar-refractivity contribution < 1.29 is 9.90 Å². The predicted molar refractivity (Wildman–Crippen MR) is 52.2 cm³/mol. The first kappa shape index (κ1) is 10.2. The first-order valence-corrected chi connectivity index (χ1v) is 5.18. The van der Waals surface area contributed by atoms with Crippen LogP contribution in [-0.4, -0.2) is 16.1 Å². The fourth-order valence-electron chi connectivity index (χ4n) is 1.10. The van der Waals surface area contributed by atoms with Gasteiger partial charge in [-0.15, -0.1) is 11.3 Å². The number of thiazole rings is 1. The highest BCUT2D eigenvalue weighted by molar-refractivity contribution is 7.11. The summed E-state index contributed by atoms with van der Waals surface area (Å²) >= 11 is 1.50. The average molecular weight is 199 g/mol. The molecule has 72 valence electrons. The van der Waals surface area contributed by atoms with E-state index in [1.165, 1.54) is 11.3 Å². The molecular formula is C9H13NO2S. The van der Waals surface area contributed by atoms with E-state index in [0.29, 0.717) is 6.42 Å². The van der Waals surface area contributed by atoms with E-state index in [-0.39, 0.29) is 0 Å². The van der Waals surface area contributed by atoms with Gasteiger partial charge in [-0.1, -0.05) is 13.8 Å². The second-order valence-electron chi connectivity index (χ2n) is 2.82. The summed E-state index contributed by atoms with van der Waals surface area (Å²) in [4.78, 5) is 16.1. The summed E-state index contributed by atoms with van der Waals surface area (Å²) in [5.74, 6) is -1.20. The van der Waals surface area contributed by atoms with E-state index in [1.54, 1.807) is 6.20 Å². The zero-order chi connectivity index (χ0) is 9.84. The Bertz CT molecular complexity index is 296. The molecule has 0 aliphatic carbocycles. The number of aryl methyl sites for hydroxylation is 1. The monoisotopic (exact) mass is 199 g/mol. The minimum Gasteiger partial charge on any atom is -0.481 e. The van der Waals surface area contributed by atoms with Gasteiger partial charge >= 0.3 is 5.97 Å². The van der Waals surface area contributed by atoms with Crippen molar-refractivity contribution >= 4 is 17.3 Å². The van der Waals surface area contributed by atoms with Crippen LogP contribution in [0, 0.1) is 0 Å². The summed E-state index contributed by atoms with van der Waals surface area (Å²) in [6.07, 6.45) is 3.30. The molecule has 0 aliphatic rings. The molecule has 1 rings (SSSR count). The molecule has 0 spiro atoms. The Hall–Kier alpha value is -0.900. The van der Waals surface area contributed by atoms with Gasteiger partial charge in [0.05, 0.1) is 0 Å². The highest BCUT2D eigenvalue weighted by Gasteiger charge is 2.20. The molecule has 3 nitrogen and oxygen atoms in total. The van der Waals surface area contributed by atoms with Gasteiger partial charge in [-0.3, -0.25) is 4.79 Å². The highest BCUT2D eigenvalue weighted by atomic mass is 32.1. The van der Waals surface area contributed by atoms with Crippen LogP contribution in [-0.2, 0) is 11.2 Å². The van der Waals surface area contributed by atoms with Crippen LogP contribution < -0.4 is 0 Å². The fraction of sp³-hybridized carbons (Fsp3) is 0.556. The number of hydrogen-bond donors (Lipinski definition) is 1. The van der Waals surface area contributed by atoms with Crippen molar-refractivity contribution in [1.29, 1.82) is 0 Å². The van der Waals surface area contributed by atoms with Gasteiger partial charge in [-0.05, 0) is 12.8 Å². The number of carbonyl (C=O) groups is 1. The average Bonchev–Trinajstić information content (AvgIpc) is 2.53. The van der Waals surface area contributed by atoms with Gasteiger partial charge in [0.25, 0.3) is 0 Å². The molecule has 1 heterocycles. The number of hydrogen-bond acceptors (Lipinski definition) is 3. The molecule has 4 heteroatoms. The number of carboxylic acids is 1. The molecule has 0 bridgehead atoms. The van der Waals surface area contributed by atoms with Gasteiger partial charge in [0.2, 0.25) is 0 Å². The van der Waals surface area contributed by atoms with E-state index in [0.717, 1.165) is 16.3 Å². The van der Waals surface area contributed by atoms with Crippen molar-refractivity contribution in [3.05, 3.63) is 16.1 Å². The van der Waals surface area contributed by atoms with Crippen LogP contribution in [0.5, 0.6) is 0 Å². The van der Waals surface area contributed by atoms with Crippen LogP contribution in [0.15, 0.2) is 6.20 Å². The maximum absolute atomic E-state index is 10.8. The van der Waals surface area contributed by atoms with Gasteiger partial charge in [-0.25, -0.2) is 4.98 Å². The van der Waals surface area contributed by atoms with Crippen LogP contribution in [0.3, 0.4) is 0 Å². The minimum absolute atomic E-state index is 0.426. The maximum atomic E-state index is 10.8. The fourth-order valence-corrected chi connectivity index (χ4v) is 2.14. The van der Waals surface area contributed by atoms with Crippen LogP contribution in [0.1, 0.15) is 36.1 Å². The van der Waals surface area contributed by atoms with Crippen molar-refractivity contribution in [2.75, 3.05) is 0 Å². The molecule has 1 aromatic rings. The van der Waals surface area contributed by atoms with E-state index in [1.807, 2.05) is 13.8 Å². The molecule has 1 aromatic heterocycles. The predicted octanol–water partition coefficient (Wildman–Crippen LogP) is 2.28. The molecule has 1 unspecified atom stereocenters. The number of carboxylic acid groups (broad SMARTS) is 1. The molecule has 1 atom stereocenters. The molecule has 0 amide bonds. The van der Waals surface area contributed by atoms with Crippen molar-refractivity contribution in [2.24, 2.45) is 0 Å². The van der Waals surface area contributed by atoms with Gasteiger partial charge in [0.1, 0.15) is 10.9 Å².